The number of urea groups is 1. The van der Waals surface area contributed by atoms with Gasteiger partial charge in [-0.2, -0.15) is 0 Å². The molecule has 0 saturated heterocycles. The molecule has 1 heterocycles. The van der Waals surface area contributed by atoms with Crippen molar-refractivity contribution in [2.45, 2.75) is 63.2 Å². The minimum Gasteiger partial charge on any atom is -0.490 e. The van der Waals surface area contributed by atoms with Crippen molar-refractivity contribution in [3.05, 3.63) is 84.2 Å². The molecule has 11 nitrogen and oxygen atoms in total. The lowest BCUT2D eigenvalue weighted by Crippen LogP contribution is -2.48. The molecule has 3 amide bonds. The molecule has 3 aromatic carbocycles. The van der Waals surface area contributed by atoms with E-state index >= 15 is 0 Å². The van der Waals surface area contributed by atoms with Crippen LogP contribution in [0.3, 0.4) is 0 Å². The van der Waals surface area contributed by atoms with Gasteiger partial charge in [-0.25, -0.2) is 17.6 Å². The number of carbonyl (C=O) groups excluding carboxylic acids is 2. The molecule has 4 atom stereocenters. The molecule has 1 aliphatic heterocycles. The van der Waals surface area contributed by atoms with Gasteiger partial charge in [0.05, 0.1) is 35.3 Å². The van der Waals surface area contributed by atoms with E-state index in [9.17, 15) is 27.5 Å². The Hall–Kier alpha value is -4.20. The SMILES string of the molecule is C[C@@H]1CCCCO[C@@H](CN(C)C(=O)Nc2ccc(F)cc2)[C@@H](C)CN([C@H](C)CO)C(=O)c2cc(NS(=O)(=O)c3ccccc3)ccc2O1. The van der Waals surface area contributed by atoms with Crippen LogP contribution in [-0.4, -0.2) is 86.9 Å². The number of fused-ring (bicyclic) bond motifs is 1. The molecule has 260 valence electrons. The Morgan fingerprint density at radius 3 is 2.44 bits per heavy atom. The molecule has 0 bridgehead atoms. The summed E-state index contributed by atoms with van der Waals surface area (Å²) in [5.41, 5.74) is 0.776. The first kappa shape index (κ1) is 36.6. The number of aliphatic hydroxyl groups excluding tert-OH is 1. The van der Waals surface area contributed by atoms with E-state index in [1.807, 2.05) is 13.8 Å². The monoisotopic (exact) mass is 684 g/mol. The number of aliphatic hydroxyl groups is 1. The van der Waals surface area contributed by atoms with Crippen molar-refractivity contribution in [1.82, 2.24) is 9.80 Å². The highest BCUT2D eigenvalue weighted by molar-refractivity contribution is 7.92. The van der Waals surface area contributed by atoms with E-state index in [1.165, 1.54) is 52.3 Å². The number of anilines is 2. The molecule has 0 unspecified atom stereocenters. The Bertz CT molecular complexity index is 1630. The summed E-state index contributed by atoms with van der Waals surface area (Å²) in [6.45, 7) is 6.00. The smallest absolute Gasteiger partial charge is 0.321 e. The van der Waals surface area contributed by atoms with Crippen LogP contribution in [0.1, 0.15) is 50.4 Å². The van der Waals surface area contributed by atoms with Gasteiger partial charge in [0, 0.05) is 44.0 Å². The highest BCUT2D eigenvalue weighted by Gasteiger charge is 2.31. The summed E-state index contributed by atoms with van der Waals surface area (Å²) in [4.78, 5) is 30.4. The average molecular weight is 685 g/mol. The second kappa shape index (κ2) is 16.8. The Balaban J connectivity index is 1.62. The number of hydrogen-bond acceptors (Lipinski definition) is 7. The predicted octanol–water partition coefficient (Wildman–Crippen LogP) is 5.59. The van der Waals surface area contributed by atoms with Crippen LogP contribution in [0.4, 0.5) is 20.6 Å². The first-order chi connectivity index (χ1) is 22.9. The molecule has 48 heavy (non-hydrogen) atoms. The van der Waals surface area contributed by atoms with E-state index in [4.69, 9.17) is 9.47 Å². The van der Waals surface area contributed by atoms with E-state index in [1.54, 1.807) is 44.3 Å². The van der Waals surface area contributed by atoms with Crippen LogP contribution in [0.5, 0.6) is 5.75 Å². The lowest BCUT2D eigenvalue weighted by Gasteiger charge is -2.35. The number of nitrogens with one attached hydrogen (secondary N) is 2. The molecule has 1 aliphatic rings. The van der Waals surface area contributed by atoms with Gasteiger partial charge in [-0.05, 0) is 87.7 Å². The molecule has 13 heteroatoms. The van der Waals surface area contributed by atoms with Gasteiger partial charge in [-0.3, -0.25) is 9.52 Å². The predicted molar refractivity (Wildman–Crippen MR) is 182 cm³/mol. The van der Waals surface area contributed by atoms with Gasteiger partial charge in [-0.15, -0.1) is 0 Å². The van der Waals surface area contributed by atoms with Crippen molar-refractivity contribution in [3.63, 3.8) is 0 Å². The zero-order valence-corrected chi connectivity index (χ0v) is 28.6. The third-order valence-corrected chi connectivity index (χ3v) is 9.65. The number of ether oxygens (including phenoxy) is 2. The first-order valence-electron chi connectivity index (χ1n) is 16.1. The number of amides is 3. The molecule has 0 radical (unpaired) electrons. The lowest BCUT2D eigenvalue weighted by atomic mass is 10.0. The van der Waals surface area contributed by atoms with Gasteiger partial charge in [0.1, 0.15) is 11.6 Å². The Labute approximate surface area is 282 Å². The first-order valence-corrected chi connectivity index (χ1v) is 17.6. The van der Waals surface area contributed by atoms with Crippen LogP contribution in [-0.2, 0) is 14.8 Å². The average Bonchev–Trinajstić information content (AvgIpc) is 3.07. The minimum atomic E-state index is -3.93. The van der Waals surface area contributed by atoms with Crippen molar-refractivity contribution in [2.75, 3.05) is 43.4 Å². The Morgan fingerprint density at radius 1 is 1.06 bits per heavy atom. The van der Waals surface area contributed by atoms with E-state index in [0.29, 0.717) is 24.5 Å². The quantitative estimate of drug-likeness (QED) is 0.282. The third-order valence-electron chi connectivity index (χ3n) is 8.25. The van der Waals surface area contributed by atoms with Crippen molar-refractivity contribution in [1.29, 1.82) is 0 Å². The fourth-order valence-electron chi connectivity index (χ4n) is 5.37. The highest BCUT2D eigenvalue weighted by Crippen LogP contribution is 2.29. The summed E-state index contributed by atoms with van der Waals surface area (Å²) in [5.74, 6) is -0.854. The zero-order valence-electron chi connectivity index (χ0n) is 27.8. The zero-order chi connectivity index (χ0) is 34.8. The van der Waals surface area contributed by atoms with Gasteiger partial charge in [0.25, 0.3) is 15.9 Å². The molecule has 0 saturated carbocycles. The number of rotatable bonds is 8. The number of hydrogen-bond donors (Lipinski definition) is 3. The van der Waals surface area contributed by atoms with E-state index in [-0.39, 0.29) is 47.9 Å². The minimum absolute atomic E-state index is 0.0768. The summed E-state index contributed by atoms with van der Waals surface area (Å²) in [5, 5.41) is 12.9. The van der Waals surface area contributed by atoms with Crippen LogP contribution in [0, 0.1) is 11.7 Å². The Morgan fingerprint density at radius 2 is 1.75 bits per heavy atom. The molecule has 4 rings (SSSR count). The number of sulfonamides is 1. The van der Waals surface area contributed by atoms with Gasteiger partial charge >= 0.3 is 6.03 Å². The fourth-order valence-corrected chi connectivity index (χ4v) is 6.44. The molecular weight excluding hydrogens is 639 g/mol. The summed E-state index contributed by atoms with van der Waals surface area (Å²) in [6.07, 6.45) is 1.47. The molecule has 0 spiro atoms. The molecule has 3 N–H and O–H groups in total. The largest absolute Gasteiger partial charge is 0.490 e. The van der Waals surface area contributed by atoms with E-state index < -0.39 is 39.9 Å². The summed E-state index contributed by atoms with van der Waals surface area (Å²) in [7, 11) is -2.30. The molecular formula is C35H45FN4O7S. The standard InChI is InChI=1S/C35H45FN4O7S/c1-24-21-40(25(2)23-41)34(42)31-20-29(38-48(44,45)30-11-6-5-7-12-30)17-18-32(31)47-26(3)10-8-9-19-46-33(24)22-39(4)35(43)37-28-15-13-27(36)14-16-28/h5-7,11-18,20,24-26,33,38,41H,8-10,19,21-23H2,1-4H3,(H,37,43)/t24-,25+,26+,33-/m0/s1. The van der Waals surface area contributed by atoms with Crippen molar-refractivity contribution in [2.24, 2.45) is 5.92 Å². The summed E-state index contributed by atoms with van der Waals surface area (Å²) in [6, 6.07) is 17.0. The Kier molecular flexibility index (Phi) is 12.8. The van der Waals surface area contributed by atoms with Gasteiger partial charge in [0.2, 0.25) is 0 Å². The van der Waals surface area contributed by atoms with Crippen molar-refractivity contribution in [3.8, 4) is 5.75 Å². The van der Waals surface area contributed by atoms with Gasteiger partial charge in [0.15, 0.2) is 0 Å². The topological polar surface area (TPSA) is 138 Å². The van der Waals surface area contributed by atoms with Crippen LogP contribution < -0.4 is 14.8 Å². The lowest BCUT2D eigenvalue weighted by molar-refractivity contribution is -0.0115. The molecule has 0 aromatic heterocycles. The highest BCUT2D eigenvalue weighted by atomic mass is 32.2. The maximum absolute atomic E-state index is 14.3. The van der Waals surface area contributed by atoms with Gasteiger partial charge in [-0.1, -0.05) is 25.1 Å². The van der Waals surface area contributed by atoms with E-state index in [2.05, 4.69) is 10.0 Å². The van der Waals surface area contributed by atoms with E-state index in [0.717, 1.165) is 12.8 Å². The van der Waals surface area contributed by atoms with Crippen LogP contribution >= 0.6 is 0 Å². The van der Waals surface area contributed by atoms with Crippen molar-refractivity contribution >= 4 is 33.3 Å². The number of benzene rings is 3. The fraction of sp³-hybridized carbons (Fsp3) is 0.429. The number of carbonyl (C=O) groups is 2. The second-order valence-corrected chi connectivity index (χ2v) is 13.9. The van der Waals surface area contributed by atoms with Crippen LogP contribution in [0.2, 0.25) is 0 Å². The molecule has 3 aromatic rings. The maximum atomic E-state index is 14.3. The third kappa shape index (κ3) is 9.91. The van der Waals surface area contributed by atoms with Crippen LogP contribution in [0.15, 0.2) is 77.7 Å². The molecule has 0 aliphatic carbocycles. The number of likely N-dealkylation sites (N-methyl/N-ethyl adjacent to an activating group) is 1. The summed E-state index contributed by atoms with van der Waals surface area (Å²) < 4.78 is 54.6. The second-order valence-electron chi connectivity index (χ2n) is 12.2. The normalized spacial score (nSPS) is 20.1. The number of nitrogens with zero attached hydrogens (tertiary/aromatic N) is 2. The van der Waals surface area contributed by atoms with Crippen LogP contribution in [0.25, 0.3) is 0 Å². The van der Waals surface area contributed by atoms with Crippen molar-refractivity contribution < 1.29 is 37.0 Å². The maximum Gasteiger partial charge on any atom is 0.321 e. The number of halogens is 1. The summed E-state index contributed by atoms with van der Waals surface area (Å²) >= 11 is 0. The van der Waals surface area contributed by atoms with Gasteiger partial charge < -0.3 is 29.7 Å². The molecule has 0 fully saturated rings.